The van der Waals surface area contributed by atoms with Crippen LogP contribution in [0.1, 0.15) is 19.0 Å². The van der Waals surface area contributed by atoms with Crippen LogP contribution in [0.15, 0.2) is 12.5 Å². The fourth-order valence-corrected chi connectivity index (χ4v) is 2.02. The van der Waals surface area contributed by atoms with Crippen LogP contribution in [0.25, 0.3) is 0 Å². The first-order valence-electron chi connectivity index (χ1n) is 7.47. The number of aromatic amines is 1. The number of hydrogen-bond donors (Lipinski definition) is 6. The quantitative estimate of drug-likeness (QED) is 0.260. The van der Waals surface area contributed by atoms with Crippen molar-refractivity contribution >= 4 is 17.7 Å². The van der Waals surface area contributed by atoms with Crippen LogP contribution in [0, 0.1) is 0 Å². The number of nitrogens with two attached hydrogens (primary N) is 1. The lowest BCUT2D eigenvalue weighted by Gasteiger charge is -2.20. The molecule has 24 heavy (non-hydrogen) atoms. The second kappa shape index (κ2) is 9.75. The molecular weight excluding hydrogens is 318 g/mol. The van der Waals surface area contributed by atoms with Crippen LogP contribution >= 0.6 is 0 Å². The lowest BCUT2D eigenvalue weighted by Crippen LogP contribution is -2.50. The van der Waals surface area contributed by atoms with E-state index in [0.717, 1.165) is 5.69 Å². The first kappa shape index (κ1) is 19.7. The van der Waals surface area contributed by atoms with Gasteiger partial charge in [0, 0.05) is 24.9 Å². The van der Waals surface area contributed by atoms with Gasteiger partial charge in [0.25, 0.3) is 0 Å². The van der Waals surface area contributed by atoms with Crippen molar-refractivity contribution in [2.75, 3.05) is 13.1 Å². The smallest absolute Gasteiger partial charge is 0.322 e. The van der Waals surface area contributed by atoms with Gasteiger partial charge in [-0.3, -0.25) is 14.4 Å². The normalized spacial score (nSPS) is 14.8. The number of rotatable bonds is 12. The number of hydrogen-bond acceptors (Lipinski definition) is 7. The molecule has 7 N–H and O–H groups in total. The molecule has 10 nitrogen and oxygen atoms in total. The predicted octanol–water partition coefficient (Wildman–Crippen LogP) is -1.66. The standard InChI is InChI=1S/C14H23N5O5/c1-8(20)11(4-9-5-16-7-19-9)18-6-12(14(23)24)17-3-2-10(15)13(21)22/h5,7,10-12,17-18H,2-4,6,15H2,1H3,(H,16,19)(H,21,22)(H,23,24). The van der Waals surface area contributed by atoms with Crippen molar-refractivity contribution in [3.8, 4) is 0 Å². The first-order valence-corrected chi connectivity index (χ1v) is 7.47. The first-order chi connectivity index (χ1) is 11.3. The molecule has 1 heterocycles. The second-order valence-electron chi connectivity index (χ2n) is 5.43. The zero-order chi connectivity index (χ0) is 18.1. The molecule has 3 unspecified atom stereocenters. The summed E-state index contributed by atoms with van der Waals surface area (Å²) in [7, 11) is 0. The van der Waals surface area contributed by atoms with Crippen molar-refractivity contribution in [3.05, 3.63) is 18.2 Å². The highest BCUT2D eigenvalue weighted by molar-refractivity contribution is 5.82. The summed E-state index contributed by atoms with van der Waals surface area (Å²) < 4.78 is 0. The fraction of sp³-hybridized carbons (Fsp3) is 0.571. The van der Waals surface area contributed by atoms with E-state index in [9.17, 15) is 19.5 Å². The molecule has 0 aliphatic rings. The Kier molecular flexibility index (Phi) is 8.02. The average molecular weight is 341 g/mol. The third-order valence-electron chi connectivity index (χ3n) is 3.50. The number of carboxylic acid groups (broad SMARTS) is 2. The van der Waals surface area contributed by atoms with E-state index < -0.39 is 30.1 Å². The molecule has 1 rings (SSSR count). The molecule has 134 valence electrons. The Balaban J connectivity index is 2.49. The number of H-pyrrole nitrogens is 1. The molecule has 0 aliphatic carbocycles. The Morgan fingerprint density at radius 1 is 1.25 bits per heavy atom. The minimum Gasteiger partial charge on any atom is -0.480 e. The van der Waals surface area contributed by atoms with Crippen molar-refractivity contribution in [2.24, 2.45) is 5.73 Å². The van der Waals surface area contributed by atoms with E-state index in [-0.39, 0.29) is 25.3 Å². The minimum absolute atomic E-state index is 0.00995. The van der Waals surface area contributed by atoms with Gasteiger partial charge in [0.1, 0.15) is 17.9 Å². The highest BCUT2D eigenvalue weighted by Gasteiger charge is 2.22. The van der Waals surface area contributed by atoms with E-state index in [2.05, 4.69) is 20.6 Å². The van der Waals surface area contributed by atoms with Gasteiger partial charge in [-0.05, 0) is 19.9 Å². The number of aromatic nitrogens is 2. The van der Waals surface area contributed by atoms with Crippen molar-refractivity contribution in [1.29, 1.82) is 0 Å². The van der Waals surface area contributed by atoms with Crippen LogP contribution in [-0.4, -0.2) is 69.1 Å². The van der Waals surface area contributed by atoms with Crippen molar-refractivity contribution < 1.29 is 24.6 Å². The topological polar surface area (TPSA) is 170 Å². The van der Waals surface area contributed by atoms with Crippen molar-refractivity contribution in [3.63, 3.8) is 0 Å². The maximum Gasteiger partial charge on any atom is 0.322 e. The number of carboxylic acids is 2. The molecule has 0 aliphatic heterocycles. The number of nitrogens with zero attached hydrogens (tertiary/aromatic N) is 1. The minimum atomic E-state index is -1.14. The van der Waals surface area contributed by atoms with Gasteiger partial charge in [-0.25, -0.2) is 4.98 Å². The maximum atomic E-state index is 11.7. The number of Topliss-reactive ketones (excluding diaryl/α,β-unsaturated/α-hetero) is 1. The van der Waals surface area contributed by atoms with E-state index in [0.29, 0.717) is 6.42 Å². The molecule has 0 radical (unpaired) electrons. The van der Waals surface area contributed by atoms with Crippen molar-refractivity contribution in [1.82, 2.24) is 20.6 Å². The summed E-state index contributed by atoms with van der Waals surface area (Å²) in [4.78, 5) is 40.3. The van der Waals surface area contributed by atoms with E-state index >= 15 is 0 Å². The zero-order valence-corrected chi connectivity index (χ0v) is 13.4. The molecule has 0 saturated heterocycles. The Labute approximate surface area is 138 Å². The number of carbonyl (C=O) groups is 3. The Hall–Kier alpha value is -2.30. The van der Waals surface area contributed by atoms with Gasteiger partial charge in [0.05, 0.1) is 12.4 Å². The molecule has 1 aromatic heterocycles. The monoisotopic (exact) mass is 341 g/mol. The number of aliphatic carboxylic acids is 2. The fourth-order valence-electron chi connectivity index (χ4n) is 2.02. The number of nitrogens with one attached hydrogen (secondary N) is 3. The van der Waals surface area contributed by atoms with Crippen LogP contribution in [0.5, 0.6) is 0 Å². The third-order valence-corrected chi connectivity index (χ3v) is 3.50. The molecular formula is C14H23N5O5. The van der Waals surface area contributed by atoms with Crippen LogP contribution < -0.4 is 16.4 Å². The van der Waals surface area contributed by atoms with Gasteiger partial charge in [0.15, 0.2) is 0 Å². The van der Waals surface area contributed by atoms with E-state index in [1.165, 1.54) is 13.3 Å². The van der Waals surface area contributed by atoms with Gasteiger partial charge in [-0.15, -0.1) is 0 Å². The van der Waals surface area contributed by atoms with Gasteiger partial charge in [-0.2, -0.15) is 0 Å². The Morgan fingerprint density at radius 3 is 2.46 bits per heavy atom. The largest absolute Gasteiger partial charge is 0.480 e. The maximum absolute atomic E-state index is 11.7. The molecule has 10 heteroatoms. The van der Waals surface area contributed by atoms with Crippen LogP contribution in [0.3, 0.4) is 0 Å². The van der Waals surface area contributed by atoms with Crippen LogP contribution in [0.2, 0.25) is 0 Å². The van der Waals surface area contributed by atoms with Crippen LogP contribution in [-0.2, 0) is 20.8 Å². The summed E-state index contributed by atoms with van der Waals surface area (Å²) in [5, 5.41) is 23.5. The zero-order valence-electron chi connectivity index (χ0n) is 13.4. The van der Waals surface area contributed by atoms with E-state index in [1.54, 1.807) is 6.20 Å². The molecule has 0 fully saturated rings. The van der Waals surface area contributed by atoms with Gasteiger partial charge < -0.3 is 31.6 Å². The van der Waals surface area contributed by atoms with Gasteiger partial charge in [-0.1, -0.05) is 0 Å². The van der Waals surface area contributed by atoms with Gasteiger partial charge >= 0.3 is 11.9 Å². The predicted molar refractivity (Wildman–Crippen MR) is 84.4 cm³/mol. The SMILES string of the molecule is CC(=O)C(Cc1cnc[nH]1)NCC(NCCC(N)C(=O)O)C(=O)O. The van der Waals surface area contributed by atoms with E-state index in [4.69, 9.17) is 10.8 Å². The number of imidazole rings is 1. The summed E-state index contributed by atoms with van der Waals surface area (Å²) in [5.74, 6) is -2.37. The van der Waals surface area contributed by atoms with Crippen LogP contribution in [0.4, 0.5) is 0 Å². The average Bonchev–Trinajstić information content (AvgIpc) is 3.01. The highest BCUT2D eigenvalue weighted by atomic mass is 16.4. The highest BCUT2D eigenvalue weighted by Crippen LogP contribution is 2.00. The van der Waals surface area contributed by atoms with E-state index in [1.807, 2.05) is 0 Å². The lowest BCUT2D eigenvalue weighted by atomic mass is 10.1. The Morgan fingerprint density at radius 2 is 1.96 bits per heavy atom. The number of carbonyl (C=O) groups excluding carboxylic acids is 1. The molecule has 0 bridgehead atoms. The summed E-state index contributed by atoms with van der Waals surface area (Å²) in [6.07, 6.45) is 3.56. The molecule has 0 amide bonds. The lowest BCUT2D eigenvalue weighted by molar-refractivity contribution is -0.139. The summed E-state index contributed by atoms with van der Waals surface area (Å²) in [6.45, 7) is 1.57. The molecule has 0 aromatic carbocycles. The summed E-state index contributed by atoms with van der Waals surface area (Å²) in [6, 6.07) is -2.56. The molecule has 1 aromatic rings. The summed E-state index contributed by atoms with van der Waals surface area (Å²) >= 11 is 0. The van der Waals surface area contributed by atoms with Crippen molar-refractivity contribution in [2.45, 2.75) is 37.9 Å². The summed E-state index contributed by atoms with van der Waals surface area (Å²) in [5.41, 5.74) is 6.12. The molecule has 3 atom stereocenters. The number of ketones is 1. The third kappa shape index (κ3) is 6.86. The van der Waals surface area contributed by atoms with Gasteiger partial charge in [0.2, 0.25) is 0 Å². The Bertz CT molecular complexity index is 548. The molecule has 0 saturated carbocycles. The molecule has 0 spiro atoms. The second-order valence-corrected chi connectivity index (χ2v) is 5.43.